The highest BCUT2D eigenvalue weighted by molar-refractivity contribution is 6.07. The fraction of sp³-hybridized carbons (Fsp3) is 0.490. The van der Waals surface area contributed by atoms with Crippen molar-refractivity contribution in [1.29, 1.82) is 0 Å². The number of hydrogen-bond acceptors (Lipinski definition) is 21. The van der Waals surface area contributed by atoms with E-state index in [0.29, 0.717) is 60.4 Å². The van der Waals surface area contributed by atoms with Gasteiger partial charge < -0.3 is 66.8 Å². The molecule has 5 atom stereocenters. The maximum absolute atomic E-state index is 13.2. The number of nitrogens with one attached hydrogen (secondary N) is 6. The number of urea groups is 1. The van der Waals surface area contributed by atoms with Gasteiger partial charge in [-0.3, -0.25) is 53.1 Å². The van der Waals surface area contributed by atoms with Crippen LogP contribution in [0, 0.1) is 0 Å². The van der Waals surface area contributed by atoms with E-state index in [2.05, 4.69) is 46.6 Å². The van der Waals surface area contributed by atoms with Crippen molar-refractivity contribution in [2.45, 2.75) is 84.3 Å². The lowest BCUT2D eigenvalue weighted by Crippen LogP contribution is -2.52. The zero-order chi connectivity index (χ0) is 58.7. The molecule has 0 aliphatic carbocycles. The largest absolute Gasteiger partial charge is 0.481 e. The summed E-state index contributed by atoms with van der Waals surface area (Å²) in [5, 5.41) is 35.1. The summed E-state index contributed by atoms with van der Waals surface area (Å²) in [5.41, 5.74) is 7.76. The number of fused-ring (bicyclic) bond motifs is 3. The summed E-state index contributed by atoms with van der Waals surface area (Å²) in [4.78, 5) is 142. The minimum Gasteiger partial charge on any atom is -0.481 e. The van der Waals surface area contributed by atoms with E-state index in [-0.39, 0.29) is 58.6 Å². The van der Waals surface area contributed by atoms with Crippen LogP contribution < -0.4 is 67.1 Å². The Bertz CT molecular complexity index is 2730. The summed E-state index contributed by atoms with van der Waals surface area (Å²) in [7, 11) is 10.4. The Hall–Kier alpha value is -8.90. The van der Waals surface area contributed by atoms with Crippen molar-refractivity contribution < 1.29 is 62.9 Å². The minimum absolute atomic E-state index is 0. The van der Waals surface area contributed by atoms with Crippen molar-refractivity contribution in [3.63, 3.8) is 0 Å². The van der Waals surface area contributed by atoms with Crippen molar-refractivity contribution in [1.82, 2.24) is 47.0 Å². The second-order valence-corrected chi connectivity index (χ2v) is 19.0. The Morgan fingerprint density at radius 3 is 1.35 bits per heavy atom. The smallest absolute Gasteiger partial charge is 0.332 e. The van der Waals surface area contributed by atoms with Gasteiger partial charge in [-0.15, -0.1) is 0 Å². The summed E-state index contributed by atoms with van der Waals surface area (Å²) >= 11 is 0. The van der Waals surface area contributed by atoms with Gasteiger partial charge in [0.05, 0.1) is 42.0 Å². The van der Waals surface area contributed by atoms with Crippen LogP contribution in [0.25, 0.3) is 0 Å². The number of rotatable bonds is 18. The molecule has 0 unspecified atom stereocenters. The zero-order valence-corrected chi connectivity index (χ0v) is 45.3. The van der Waals surface area contributed by atoms with Gasteiger partial charge in [-0.2, -0.15) is 5.10 Å². The van der Waals surface area contributed by atoms with Gasteiger partial charge in [0.2, 0.25) is 29.5 Å². The lowest BCUT2D eigenvalue weighted by atomic mass is 10.1. The minimum atomic E-state index is -1.21. The first-order valence-corrected chi connectivity index (χ1v) is 24.5. The quantitative estimate of drug-likeness (QED) is 0.0311. The molecule has 0 saturated heterocycles. The molecule has 0 bridgehead atoms. The monoisotopic (exact) mass is 1140 g/mol. The molecule has 3 aliphatic heterocycles. The van der Waals surface area contributed by atoms with Crippen LogP contribution in [0.15, 0.2) is 60.1 Å². The fourth-order valence-corrected chi connectivity index (χ4v) is 8.19. The number of esters is 1. The van der Waals surface area contributed by atoms with Gasteiger partial charge >= 0.3 is 23.9 Å². The maximum atomic E-state index is 13.2. The second kappa shape index (κ2) is 31.6. The van der Waals surface area contributed by atoms with Gasteiger partial charge in [0, 0.05) is 65.6 Å². The van der Waals surface area contributed by atoms with Crippen molar-refractivity contribution >= 4 is 100 Å². The maximum Gasteiger partial charge on any atom is 0.332 e. The number of ether oxygens (including phenoxy) is 1. The molecular weight excluding hydrogens is 1060 g/mol. The van der Waals surface area contributed by atoms with Gasteiger partial charge in [0.15, 0.2) is 17.5 Å². The summed E-state index contributed by atoms with van der Waals surface area (Å²) in [6.45, 7) is 5.27. The lowest BCUT2D eigenvalue weighted by molar-refractivity contribution is -0.155. The van der Waals surface area contributed by atoms with E-state index in [1.807, 2.05) is 34.2 Å². The molecule has 0 radical (unpaired) electrons. The van der Waals surface area contributed by atoms with Crippen LogP contribution in [0.3, 0.4) is 0 Å². The van der Waals surface area contributed by atoms with Gasteiger partial charge in [-0.1, -0.05) is 14.9 Å². The van der Waals surface area contributed by atoms with Crippen molar-refractivity contribution in [3.8, 4) is 0 Å². The molecule has 6 heterocycles. The molecule has 0 fully saturated rings. The number of hydrogen-bond donors (Lipinski definition) is 9. The number of aromatic nitrogens is 3. The predicted octanol–water partition coefficient (Wildman–Crippen LogP) is -1.26. The topological polar surface area (TPSA) is 389 Å². The van der Waals surface area contributed by atoms with Gasteiger partial charge in [0.25, 0.3) is 0 Å². The van der Waals surface area contributed by atoms with Crippen LogP contribution >= 0.6 is 0 Å². The summed E-state index contributed by atoms with van der Waals surface area (Å²) < 4.78 is 5.30. The SMILES string of the molecule is C.C.CN[C@H]1CN(C)c2ncccc2N(CC(=O)N[C@H](/C=N/NC(N)=O)CC(=O)OC(C)(C)C)C1=O.CN[C@H]1CN(C)c2ncccc2N(CC(=O)N[C@H](C=O)CC(=O)O)C1=O.CN[C@H]1CN(C)c2ncccc2N(CC(=O)O)C1=O. The number of nitrogens with two attached hydrogens (primary N) is 1. The number of carbonyl (C=O) groups excluding carboxylic acids is 8. The number of aliphatic carboxylic acids is 2. The number of pyridine rings is 3. The number of nitrogens with zero attached hydrogens (tertiary/aromatic N) is 10. The van der Waals surface area contributed by atoms with Crippen LogP contribution in [0.5, 0.6) is 0 Å². The average molecular weight is 1140 g/mol. The fourth-order valence-electron chi connectivity index (χ4n) is 8.19. The third kappa shape index (κ3) is 19.8. The van der Waals surface area contributed by atoms with E-state index in [4.69, 9.17) is 20.7 Å². The predicted molar refractivity (Wildman–Crippen MR) is 303 cm³/mol. The van der Waals surface area contributed by atoms with Crippen molar-refractivity contribution in [2.24, 2.45) is 10.8 Å². The van der Waals surface area contributed by atoms with E-state index < -0.39 is 78.0 Å². The number of carboxylic acids is 2. The average Bonchev–Trinajstić information content (AvgIpc) is 3.61. The van der Waals surface area contributed by atoms with Crippen LogP contribution in [-0.2, 0) is 47.9 Å². The number of primary amides is 1. The van der Waals surface area contributed by atoms with Crippen LogP contribution in [0.4, 0.5) is 39.3 Å². The normalized spacial score (nSPS) is 17.4. The standard InChI is InChI=1S/C21H32N8O5.C16H21N5O5.C12H16N4O3.2CH4/c1-21(2,3)34-17(31)9-13(10-25-27-20(22)33)26-16(30)12-29-15-7-6-8-24-18(15)28(5)11-14(23-4)19(29)32;1-17-11-7-20(2)15-12(4-3-5-18-15)21(16(11)26)8-13(23)19-10(9-22)6-14(24)25;1-13-8-6-15(2)11-9(4-3-5-14-11)16(12(8)19)7-10(17)18;;/h6-8,10,13-14,23H,9,11-12H2,1-5H3,(H,26,30)(H3,22,27,33);3-5,9-11,17H,6-8H2,1-2H3,(H,19,23)(H,24,25);3-5,8,13H,6-7H2,1-2H3,(H,17,18);2*1H4/b25-10+;;;;/t13-,14-;10-,11-;8-;;/m000../s1. The number of carbonyl (C=O) groups is 10. The Morgan fingerprint density at radius 1 is 0.654 bits per heavy atom. The third-order valence-electron chi connectivity index (χ3n) is 11.7. The van der Waals surface area contributed by atoms with Crippen LogP contribution in [0.1, 0.15) is 48.5 Å². The Balaban J connectivity index is 0.000000426. The molecule has 0 aromatic carbocycles. The van der Waals surface area contributed by atoms with Crippen LogP contribution in [-0.4, -0.2) is 209 Å². The van der Waals surface area contributed by atoms with Crippen molar-refractivity contribution in [2.75, 3.05) is 111 Å². The van der Waals surface area contributed by atoms with Gasteiger partial charge in [0.1, 0.15) is 49.6 Å². The molecule has 0 spiro atoms. The molecule has 30 heteroatoms. The molecule has 7 amide bonds. The molecule has 3 aliphatic rings. The number of hydrazone groups is 1. The molecule has 444 valence electrons. The first-order valence-electron chi connectivity index (χ1n) is 24.5. The number of carboxylic acid groups (broad SMARTS) is 2. The number of aldehydes is 1. The van der Waals surface area contributed by atoms with Crippen molar-refractivity contribution in [3.05, 3.63) is 55.0 Å². The summed E-state index contributed by atoms with van der Waals surface area (Å²) in [5.74, 6) is -3.21. The zero-order valence-electron chi connectivity index (χ0n) is 45.3. The molecule has 3 aromatic heterocycles. The highest BCUT2D eigenvalue weighted by atomic mass is 16.6. The highest BCUT2D eigenvalue weighted by Crippen LogP contribution is 2.32. The number of likely N-dealkylation sites (N-methyl/N-ethyl adjacent to an activating group) is 6. The third-order valence-corrected chi connectivity index (χ3v) is 11.7. The molecule has 30 nitrogen and oxygen atoms in total. The molecule has 3 aromatic rings. The molecule has 10 N–H and O–H groups in total. The number of amides is 7. The van der Waals surface area contributed by atoms with Gasteiger partial charge in [-0.25, -0.2) is 25.2 Å². The first kappa shape index (κ1) is 68.2. The Labute approximate surface area is 470 Å². The Morgan fingerprint density at radius 2 is 1.02 bits per heavy atom. The van der Waals surface area contributed by atoms with E-state index in [1.54, 1.807) is 104 Å². The first-order chi connectivity index (χ1) is 37.3. The second-order valence-electron chi connectivity index (χ2n) is 19.0. The van der Waals surface area contributed by atoms with Crippen LogP contribution in [0.2, 0.25) is 0 Å². The van der Waals surface area contributed by atoms with Gasteiger partial charge in [-0.05, 0) is 78.3 Å². The summed E-state index contributed by atoms with van der Waals surface area (Å²) in [6, 6.07) is 5.56. The molecule has 6 rings (SSSR count). The molecular formula is C51H77N17O13. The van der Waals surface area contributed by atoms with E-state index >= 15 is 0 Å². The summed E-state index contributed by atoms with van der Waals surface area (Å²) in [6.07, 6.45) is 5.57. The van der Waals surface area contributed by atoms with E-state index in [0.717, 1.165) is 6.21 Å². The number of anilines is 6. The van der Waals surface area contributed by atoms with E-state index in [1.165, 1.54) is 14.7 Å². The van der Waals surface area contributed by atoms with E-state index in [9.17, 15) is 47.9 Å². The molecule has 0 saturated carbocycles. The molecule has 81 heavy (non-hydrogen) atoms. The highest BCUT2D eigenvalue weighted by Gasteiger charge is 2.37. The lowest BCUT2D eigenvalue weighted by Gasteiger charge is -2.25. The Kier molecular flexibility index (Phi) is 26.6.